The Hall–Kier alpha value is -1.62. The quantitative estimate of drug-likeness (QED) is 0.425. The highest BCUT2D eigenvalue weighted by Gasteiger charge is 2.39. The molecular formula is C25H33IN2. The van der Waals surface area contributed by atoms with E-state index in [9.17, 15) is 0 Å². The largest absolute Gasteiger partial charge is 1.00 e. The minimum absolute atomic E-state index is 0. The Kier molecular flexibility index (Phi) is 8.74. The molecule has 2 aromatic rings. The van der Waals surface area contributed by atoms with Gasteiger partial charge < -0.3 is 28.9 Å². The molecule has 0 aliphatic carbocycles. The third-order valence-electron chi connectivity index (χ3n) is 5.61. The predicted molar refractivity (Wildman–Crippen MR) is 115 cm³/mol. The molecule has 0 fully saturated rings. The Balaban J connectivity index is 0.00000280. The summed E-state index contributed by atoms with van der Waals surface area (Å²) in [4.78, 5) is 2.30. The average Bonchev–Trinajstić information content (AvgIpc) is 2.67. The summed E-state index contributed by atoms with van der Waals surface area (Å²) in [5.41, 5.74) is 4.27. The van der Waals surface area contributed by atoms with Gasteiger partial charge in [-0.3, -0.25) is 0 Å². The van der Waals surface area contributed by atoms with Crippen LogP contribution in [0.15, 0.2) is 72.4 Å². The maximum atomic E-state index is 2.58. The van der Waals surface area contributed by atoms with Gasteiger partial charge in [-0.25, -0.2) is 4.58 Å². The standard InChI is InChI=1S/C25H33N2.HI/c1-20(2)25-23(19-22-13-9-6-10-14-22)24(26(3)4)16-18-27(25)17-15-21-11-7-5-8-12-21;/h5-14,16,18,20,23,25H,15,17,19H2,1-4H3;1H/q+1;/p-1. The second-order valence-electron chi connectivity index (χ2n) is 8.14. The lowest BCUT2D eigenvalue weighted by Crippen LogP contribution is -3.00. The molecule has 3 rings (SSSR count). The van der Waals surface area contributed by atoms with E-state index in [1.54, 1.807) is 0 Å². The number of hydrogen-bond donors (Lipinski definition) is 0. The molecule has 0 saturated carbocycles. The lowest BCUT2D eigenvalue weighted by molar-refractivity contribution is -0.577. The van der Waals surface area contributed by atoms with Crippen molar-refractivity contribution in [2.24, 2.45) is 11.8 Å². The van der Waals surface area contributed by atoms with Crippen LogP contribution in [0.25, 0.3) is 0 Å². The van der Waals surface area contributed by atoms with Crippen molar-refractivity contribution >= 4 is 6.21 Å². The second kappa shape index (κ2) is 10.8. The van der Waals surface area contributed by atoms with Crippen molar-refractivity contribution < 1.29 is 28.6 Å². The number of benzene rings is 2. The van der Waals surface area contributed by atoms with Gasteiger partial charge in [-0.1, -0.05) is 74.5 Å². The molecule has 1 aliphatic heterocycles. The number of rotatable bonds is 7. The van der Waals surface area contributed by atoms with Gasteiger partial charge in [0.25, 0.3) is 0 Å². The zero-order valence-corrected chi connectivity index (χ0v) is 19.7. The monoisotopic (exact) mass is 488 g/mol. The molecular weight excluding hydrogens is 455 g/mol. The Labute approximate surface area is 188 Å². The van der Waals surface area contributed by atoms with Crippen molar-refractivity contribution in [3.05, 3.63) is 83.6 Å². The van der Waals surface area contributed by atoms with Crippen LogP contribution < -0.4 is 24.0 Å². The first-order valence-electron chi connectivity index (χ1n) is 10.1. The summed E-state index contributed by atoms with van der Waals surface area (Å²) in [6.07, 6.45) is 6.83. The van der Waals surface area contributed by atoms with E-state index in [4.69, 9.17) is 0 Å². The van der Waals surface area contributed by atoms with E-state index in [1.165, 1.54) is 16.8 Å². The van der Waals surface area contributed by atoms with Crippen molar-refractivity contribution in [2.75, 3.05) is 20.6 Å². The lowest BCUT2D eigenvalue weighted by Gasteiger charge is -2.35. The fourth-order valence-electron chi connectivity index (χ4n) is 4.35. The van der Waals surface area contributed by atoms with Crippen LogP contribution in [0.5, 0.6) is 0 Å². The molecule has 1 heterocycles. The van der Waals surface area contributed by atoms with Crippen LogP contribution in [-0.4, -0.2) is 42.4 Å². The van der Waals surface area contributed by atoms with Crippen LogP contribution in [0.3, 0.4) is 0 Å². The highest BCUT2D eigenvalue weighted by Crippen LogP contribution is 2.30. The molecule has 0 bridgehead atoms. The highest BCUT2D eigenvalue weighted by molar-refractivity contribution is 5.68. The molecule has 150 valence electrons. The van der Waals surface area contributed by atoms with Gasteiger partial charge >= 0.3 is 0 Å². The molecule has 2 unspecified atom stereocenters. The van der Waals surface area contributed by atoms with Crippen LogP contribution in [0.2, 0.25) is 0 Å². The van der Waals surface area contributed by atoms with Crippen molar-refractivity contribution in [1.29, 1.82) is 0 Å². The predicted octanol–water partition coefficient (Wildman–Crippen LogP) is 1.66. The maximum Gasteiger partial charge on any atom is 0.165 e. The molecule has 1 aliphatic rings. The molecule has 0 aromatic heterocycles. The van der Waals surface area contributed by atoms with Gasteiger partial charge in [0.2, 0.25) is 0 Å². The fourth-order valence-corrected chi connectivity index (χ4v) is 4.35. The molecule has 2 atom stereocenters. The summed E-state index contributed by atoms with van der Waals surface area (Å²) in [5, 5.41) is 0. The third-order valence-corrected chi connectivity index (χ3v) is 5.61. The number of allylic oxidation sites excluding steroid dienone is 1. The summed E-state index contributed by atoms with van der Waals surface area (Å²) in [6, 6.07) is 22.3. The van der Waals surface area contributed by atoms with Gasteiger partial charge in [0, 0.05) is 38.2 Å². The first-order valence-corrected chi connectivity index (χ1v) is 10.1. The van der Waals surface area contributed by atoms with E-state index in [1.807, 2.05) is 0 Å². The zero-order valence-electron chi connectivity index (χ0n) is 17.6. The number of halogens is 1. The van der Waals surface area contributed by atoms with Crippen molar-refractivity contribution in [1.82, 2.24) is 4.90 Å². The van der Waals surface area contributed by atoms with Crippen molar-refractivity contribution in [3.63, 3.8) is 0 Å². The fraction of sp³-hybridized carbons (Fsp3) is 0.400. The minimum Gasteiger partial charge on any atom is -1.00 e. The zero-order chi connectivity index (χ0) is 19.2. The third kappa shape index (κ3) is 5.69. The number of hydrogen-bond acceptors (Lipinski definition) is 1. The molecule has 2 aromatic carbocycles. The van der Waals surface area contributed by atoms with Crippen LogP contribution in [0.1, 0.15) is 25.0 Å². The molecule has 0 spiro atoms. The normalized spacial score (nSPS) is 18.9. The molecule has 0 saturated heterocycles. The van der Waals surface area contributed by atoms with E-state index < -0.39 is 0 Å². The average molecular weight is 488 g/mol. The SMILES string of the molecule is CC(C)C1C(Cc2ccccc2)C(N(C)C)=CC=[N+]1CCc1ccccc1.[I-]. The Morgan fingerprint density at radius 3 is 2.00 bits per heavy atom. The van der Waals surface area contributed by atoms with Gasteiger partial charge in [0.05, 0.1) is 5.92 Å². The highest BCUT2D eigenvalue weighted by atomic mass is 127. The first-order chi connectivity index (χ1) is 13.1. The van der Waals surface area contributed by atoms with E-state index in [-0.39, 0.29) is 24.0 Å². The van der Waals surface area contributed by atoms with Gasteiger partial charge in [0.1, 0.15) is 6.54 Å². The van der Waals surface area contributed by atoms with Crippen LogP contribution in [0.4, 0.5) is 0 Å². The summed E-state index contributed by atoms with van der Waals surface area (Å²) in [5.74, 6) is 1.09. The summed E-state index contributed by atoms with van der Waals surface area (Å²) >= 11 is 0. The molecule has 0 amide bonds. The summed E-state index contributed by atoms with van der Waals surface area (Å²) in [7, 11) is 4.35. The topological polar surface area (TPSA) is 6.25 Å². The van der Waals surface area contributed by atoms with Crippen molar-refractivity contribution in [3.8, 4) is 0 Å². The Bertz CT molecular complexity index is 779. The van der Waals surface area contributed by atoms with Gasteiger partial charge in [-0.05, 0) is 17.5 Å². The van der Waals surface area contributed by atoms with Gasteiger partial charge in [0.15, 0.2) is 12.3 Å². The van der Waals surface area contributed by atoms with Crippen molar-refractivity contribution in [2.45, 2.75) is 32.7 Å². The lowest BCUT2D eigenvalue weighted by atomic mass is 9.81. The maximum absolute atomic E-state index is 2.58. The second-order valence-corrected chi connectivity index (χ2v) is 8.14. The smallest absolute Gasteiger partial charge is 0.165 e. The summed E-state index contributed by atoms with van der Waals surface area (Å²) in [6.45, 7) is 5.80. The van der Waals surface area contributed by atoms with E-state index in [0.717, 1.165) is 19.4 Å². The number of nitrogens with zero attached hydrogens (tertiary/aromatic N) is 2. The molecule has 0 N–H and O–H groups in total. The van der Waals surface area contributed by atoms with Crippen LogP contribution >= 0.6 is 0 Å². The molecule has 0 radical (unpaired) electrons. The molecule has 28 heavy (non-hydrogen) atoms. The Morgan fingerprint density at radius 2 is 1.46 bits per heavy atom. The Morgan fingerprint density at radius 1 is 0.893 bits per heavy atom. The van der Waals surface area contributed by atoms with E-state index in [2.05, 4.69) is 110 Å². The summed E-state index contributed by atoms with van der Waals surface area (Å²) < 4.78 is 2.58. The van der Waals surface area contributed by atoms with E-state index in [0.29, 0.717) is 17.9 Å². The molecule has 3 heteroatoms. The van der Waals surface area contributed by atoms with Gasteiger partial charge in [-0.2, -0.15) is 0 Å². The van der Waals surface area contributed by atoms with Gasteiger partial charge in [-0.15, -0.1) is 0 Å². The van der Waals surface area contributed by atoms with E-state index >= 15 is 0 Å². The van der Waals surface area contributed by atoms with Crippen LogP contribution in [-0.2, 0) is 12.8 Å². The first kappa shape index (κ1) is 22.7. The van der Waals surface area contributed by atoms with Crippen LogP contribution in [0, 0.1) is 11.8 Å². The minimum atomic E-state index is 0. The molecule has 2 nitrogen and oxygen atoms in total.